The molecule has 0 saturated carbocycles. The van der Waals surface area contributed by atoms with Crippen molar-refractivity contribution in [1.29, 1.82) is 0 Å². The van der Waals surface area contributed by atoms with Gasteiger partial charge in [0.1, 0.15) is 24.2 Å². The van der Waals surface area contributed by atoms with Gasteiger partial charge in [-0.1, -0.05) is 26.0 Å². The number of ether oxygens (including phenoxy) is 3. The van der Waals surface area contributed by atoms with E-state index in [1.165, 1.54) is 12.1 Å². The van der Waals surface area contributed by atoms with E-state index in [4.69, 9.17) is 15.2 Å². The molecule has 1 aliphatic rings. The molecule has 1 saturated heterocycles. The monoisotopic (exact) mass is 535 g/mol. The first-order chi connectivity index (χ1) is 17.1. The molecule has 1 aromatic carbocycles. The van der Waals surface area contributed by atoms with Crippen molar-refractivity contribution >= 4 is 18.1 Å². The summed E-state index contributed by atoms with van der Waals surface area (Å²) < 4.78 is 51.1. The molecule has 10 nitrogen and oxygen atoms in total. The minimum Gasteiger partial charge on any atom is -0.406 e. The minimum absolute atomic E-state index is 0.0183. The quantitative estimate of drug-likeness (QED) is 0.262. The van der Waals surface area contributed by atoms with Gasteiger partial charge >= 0.3 is 6.36 Å². The average molecular weight is 536 g/mol. The fourth-order valence-electron chi connectivity index (χ4n) is 3.12. The van der Waals surface area contributed by atoms with Gasteiger partial charge in [0.25, 0.3) is 0 Å². The maximum absolute atomic E-state index is 12.0. The number of halogens is 3. The maximum Gasteiger partial charge on any atom is 0.573 e. The van der Waals surface area contributed by atoms with Crippen LogP contribution in [0.5, 0.6) is 5.75 Å². The molecule has 1 aromatic rings. The Kier molecular flexibility index (Phi) is 12.4. The second-order valence-corrected chi connectivity index (χ2v) is 9.43. The van der Waals surface area contributed by atoms with Crippen molar-refractivity contribution in [3.8, 4) is 5.75 Å². The lowest BCUT2D eigenvalue weighted by Gasteiger charge is -2.44. The van der Waals surface area contributed by atoms with Crippen molar-refractivity contribution in [1.82, 2.24) is 10.6 Å². The van der Waals surface area contributed by atoms with Crippen molar-refractivity contribution in [3.63, 3.8) is 0 Å². The number of aliphatic hydroxyl groups is 1. The normalized spacial score (nSPS) is 19.0. The van der Waals surface area contributed by atoms with E-state index in [1.54, 1.807) is 13.8 Å². The molecule has 37 heavy (non-hydrogen) atoms. The van der Waals surface area contributed by atoms with Crippen LogP contribution in [0.3, 0.4) is 0 Å². The molecule has 1 aliphatic heterocycles. The number of rotatable bonds is 10. The molecule has 2 atom stereocenters. The number of nitrogens with one attached hydrogen (secondary N) is 2. The van der Waals surface area contributed by atoms with Crippen LogP contribution in [0.15, 0.2) is 24.3 Å². The summed E-state index contributed by atoms with van der Waals surface area (Å²) in [6.45, 7) is 8.37. The molecule has 5 N–H and O–H groups in total. The number of nitrogens with two attached hydrogens (primary N) is 1. The first kappa shape index (κ1) is 32.3. The van der Waals surface area contributed by atoms with Crippen LogP contribution in [0.1, 0.15) is 46.1 Å². The Hall–Kier alpha value is -2.74. The smallest absolute Gasteiger partial charge is 0.406 e. The van der Waals surface area contributed by atoms with Crippen LogP contribution in [0.2, 0.25) is 0 Å². The van der Waals surface area contributed by atoms with E-state index in [2.05, 4.69) is 15.4 Å². The van der Waals surface area contributed by atoms with Gasteiger partial charge in [0.2, 0.25) is 11.8 Å². The highest BCUT2D eigenvalue weighted by molar-refractivity contribution is 5.82. The fourth-order valence-corrected chi connectivity index (χ4v) is 3.12. The molecule has 13 heteroatoms. The lowest BCUT2D eigenvalue weighted by atomic mass is 9.85. The summed E-state index contributed by atoms with van der Waals surface area (Å²) in [5, 5.41) is 14.4. The van der Waals surface area contributed by atoms with Gasteiger partial charge in [-0.3, -0.25) is 9.59 Å². The largest absolute Gasteiger partial charge is 0.573 e. The number of hydrogen-bond donors (Lipinski definition) is 4. The van der Waals surface area contributed by atoms with E-state index in [9.17, 15) is 32.7 Å². The Morgan fingerprint density at radius 1 is 1.27 bits per heavy atom. The molecule has 0 radical (unpaired) electrons. The topological polar surface area (TPSA) is 149 Å². The predicted octanol–water partition coefficient (Wildman–Crippen LogP) is 1.78. The Balaban J connectivity index is 0.000000375. The lowest BCUT2D eigenvalue weighted by molar-refractivity contribution is -0.304. The van der Waals surface area contributed by atoms with Crippen molar-refractivity contribution < 1.29 is 46.9 Å². The van der Waals surface area contributed by atoms with Crippen LogP contribution in [0, 0.1) is 5.41 Å². The van der Waals surface area contributed by atoms with Crippen LogP contribution in [0.25, 0.3) is 0 Å². The van der Waals surface area contributed by atoms with Crippen LogP contribution in [-0.2, 0) is 30.4 Å². The van der Waals surface area contributed by atoms with E-state index >= 15 is 0 Å². The van der Waals surface area contributed by atoms with Gasteiger partial charge in [-0.25, -0.2) is 0 Å². The summed E-state index contributed by atoms with van der Waals surface area (Å²) in [6.07, 6.45) is -5.34. The van der Waals surface area contributed by atoms with Crippen LogP contribution in [0.4, 0.5) is 13.2 Å². The van der Waals surface area contributed by atoms with Crippen molar-refractivity contribution in [3.05, 3.63) is 29.8 Å². The van der Waals surface area contributed by atoms with E-state index in [1.807, 2.05) is 13.8 Å². The lowest BCUT2D eigenvalue weighted by Crippen LogP contribution is -2.56. The Bertz CT molecular complexity index is 895. The van der Waals surface area contributed by atoms with Gasteiger partial charge in [0, 0.05) is 24.9 Å². The van der Waals surface area contributed by atoms with E-state index < -0.39 is 30.3 Å². The number of aliphatic hydroxyl groups excluding tert-OH is 1. The van der Waals surface area contributed by atoms with Gasteiger partial charge in [0.15, 0.2) is 5.79 Å². The molecule has 2 amide bonds. The summed E-state index contributed by atoms with van der Waals surface area (Å²) in [6, 6.07) is 5.21. The van der Waals surface area contributed by atoms with Crippen LogP contribution in [-0.4, -0.2) is 67.3 Å². The number of aldehydes is 1. The molecule has 0 bridgehead atoms. The van der Waals surface area contributed by atoms with Gasteiger partial charge < -0.3 is 40.5 Å². The second kappa shape index (κ2) is 14.3. The Labute approximate surface area is 214 Å². The van der Waals surface area contributed by atoms with Gasteiger partial charge in [-0.2, -0.15) is 0 Å². The number of benzene rings is 1. The van der Waals surface area contributed by atoms with E-state index in [0.29, 0.717) is 25.1 Å². The number of alkyl halides is 3. The molecule has 210 valence electrons. The van der Waals surface area contributed by atoms with Crippen molar-refractivity contribution in [2.45, 2.75) is 71.4 Å². The fraction of sp³-hybridized carbons (Fsp3) is 0.625. The maximum atomic E-state index is 12.0. The minimum atomic E-state index is -4.76. The SMILES string of the molecule is CC1(C)OCC(C)(C)[C@H](C(=O)NCCC=O)O1.NCCC(O)C(=O)NCc1cccc(OC(F)(F)F)c1. The molecule has 1 heterocycles. The number of hydrogen-bond acceptors (Lipinski definition) is 8. The molecule has 2 rings (SSSR count). The third-order valence-corrected chi connectivity index (χ3v) is 5.04. The molecule has 1 fully saturated rings. The summed E-state index contributed by atoms with van der Waals surface area (Å²) in [5.41, 5.74) is 5.23. The number of amides is 2. The van der Waals surface area contributed by atoms with Gasteiger partial charge in [0.05, 0.1) is 6.61 Å². The van der Waals surface area contributed by atoms with Gasteiger partial charge in [-0.05, 0) is 44.5 Å². The Morgan fingerprint density at radius 3 is 2.54 bits per heavy atom. The second-order valence-electron chi connectivity index (χ2n) is 9.43. The highest BCUT2D eigenvalue weighted by Crippen LogP contribution is 2.34. The molecule has 0 aromatic heterocycles. The predicted molar refractivity (Wildman–Crippen MR) is 127 cm³/mol. The highest BCUT2D eigenvalue weighted by Gasteiger charge is 2.45. The highest BCUT2D eigenvalue weighted by atomic mass is 19.4. The zero-order valence-electron chi connectivity index (χ0n) is 21.4. The summed E-state index contributed by atoms with van der Waals surface area (Å²) >= 11 is 0. The number of carbonyl (C=O) groups is 3. The first-order valence-electron chi connectivity index (χ1n) is 11.6. The molecule has 0 aliphatic carbocycles. The molecular formula is C24H36F3N3O7. The van der Waals surface area contributed by atoms with Crippen molar-refractivity contribution in [2.75, 3.05) is 19.7 Å². The Morgan fingerprint density at radius 2 is 1.95 bits per heavy atom. The van der Waals surface area contributed by atoms with Crippen LogP contribution >= 0.6 is 0 Å². The first-order valence-corrected chi connectivity index (χ1v) is 11.6. The standard InChI is InChI=1S/C12H15F3N2O3.C12H21NO4/c13-12(14,15)20-9-3-1-2-8(6-9)7-17-11(19)10(18)4-5-16;1-11(2)8-16-12(3,4)17-9(11)10(15)13-6-5-7-14/h1-3,6,10,18H,4-5,7,16H2,(H,17,19);7,9H,5-6,8H2,1-4H3,(H,13,15)/t;9-/m.0/s1. The zero-order valence-corrected chi connectivity index (χ0v) is 21.4. The average Bonchev–Trinajstić information content (AvgIpc) is 2.79. The molecule has 0 spiro atoms. The molecular weight excluding hydrogens is 499 g/mol. The summed E-state index contributed by atoms with van der Waals surface area (Å²) in [5.74, 6) is -1.93. The van der Waals surface area contributed by atoms with E-state index in [0.717, 1.165) is 18.4 Å². The zero-order chi connectivity index (χ0) is 28.3. The van der Waals surface area contributed by atoms with Gasteiger partial charge in [-0.15, -0.1) is 13.2 Å². The summed E-state index contributed by atoms with van der Waals surface area (Å²) in [4.78, 5) is 33.6. The third-order valence-electron chi connectivity index (χ3n) is 5.04. The molecule has 1 unspecified atom stereocenters. The summed E-state index contributed by atoms with van der Waals surface area (Å²) in [7, 11) is 0. The third kappa shape index (κ3) is 12.4. The van der Waals surface area contributed by atoms with Crippen LogP contribution < -0.4 is 21.1 Å². The van der Waals surface area contributed by atoms with Crippen molar-refractivity contribution in [2.24, 2.45) is 11.1 Å². The number of carbonyl (C=O) groups excluding carboxylic acids is 3. The van der Waals surface area contributed by atoms with E-state index in [-0.39, 0.29) is 36.6 Å².